The van der Waals surface area contributed by atoms with Gasteiger partial charge in [0.1, 0.15) is 11.4 Å². The van der Waals surface area contributed by atoms with E-state index >= 15 is 0 Å². The molecule has 3 heteroatoms. The molecular weight excluding hydrogens is 272 g/mol. The predicted molar refractivity (Wildman–Crippen MR) is 93.4 cm³/mol. The molecule has 2 rings (SSSR count). The highest BCUT2D eigenvalue weighted by molar-refractivity contribution is 5.30. The van der Waals surface area contributed by atoms with Gasteiger partial charge < -0.3 is 10.1 Å². The van der Waals surface area contributed by atoms with E-state index in [4.69, 9.17) is 4.74 Å². The van der Waals surface area contributed by atoms with E-state index in [9.17, 15) is 0 Å². The van der Waals surface area contributed by atoms with Crippen LogP contribution in [0.5, 0.6) is 5.75 Å². The summed E-state index contributed by atoms with van der Waals surface area (Å²) in [6.45, 7) is 16.8. The lowest BCUT2D eigenvalue weighted by Gasteiger charge is -2.35. The molecule has 1 N–H and O–H groups in total. The first-order chi connectivity index (χ1) is 10.3. The van der Waals surface area contributed by atoms with Gasteiger partial charge in [0, 0.05) is 32.2 Å². The summed E-state index contributed by atoms with van der Waals surface area (Å²) in [6.07, 6.45) is 1.01. The van der Waals surface area contributed by atoms with E-state index in [-0.39, 0.29) is 5.60 Å². The van der Waals surface area contributed by atoms with Crippen molar-refractivity contribution < 1.29 is 4.74 Å². The van der Waals surface area contributed by atoms with Gasteiger partial charge in [-0.15, -0.1) is 6.58 Å². The van der Waals surface area contributed by atoms with Crippen LogP contribution in [0.4, 0.5) is 0 Å². The second kappa shape index (κ2) is 7.30. The van der Waals surface area contributed by atoms with Crippen LogP contribution >= 0.6 is 0 Å². The molecule has 0 aliphatic carbocycles. The van der Waals surface area contributed by atoms with Gasteiger partial charge in [-0.1, -0.05) is 17.7 Å². The molecule has 0 amide bonds. The Morgan fingerprint density at radius 3 is 2.32 bits per heavy atom. The summed E-state index contributed by atoms with van der Waals surface area (Å²) in [5.74, 6) is 0.936. The number of benzene rings is 1. The molecule has 0 bridgehead atoms. The van der Waals surface area contributed by atoms with Crippen LogP contribution in [0.15, 0.2) is 36.4 Å². The molecule has 0 saturated carbocycles. The molecule has 122 valence electrons. The van der Waals surface area contributed by atoms with Crippen LogP contribution in [0.25, 0.3) is 0 Å². The lowest BCUT2D eigenvalue weighted by Crippen LogP contribution is -2.45. The summed E-state index contributed by atoms with van der Waals surface area (Å²) in [7, 11) is 0. The first-order valence-electron chi connectivity index (χ1n) is 8.23. The van der Waals surface area contributed by atoms with Crippen LogP contribution in [0.1, 0.15) is 45.7 Å². The van der Waals surface area contributed by atoms with Gasteiger partial charge in [-0.25, -0.2) is 0 Å². The normalized spacial score (nSPS) is 18.0. The molecule has 3 nitrogen and oxygen atoms in total. The zero-order valence-corrected chi connectivity index (χ0v) is 14.5. The Labute approximate surface area is 135 Å². The standard InChI is InChI=1S/C19H30N2O/c1-15(2)14-18(21-12-10-20-11-13-21)16-6-8-17(9-7-16)22-19(3,4)5/h6-9,18,20H,1,10-14H2,2-5H3/t18-/m0/s1. The number of hydrogen-bond donors (Lipinski definition) is 1. The van der Waals surface area contributed by atoms with Gasteiger partial charge in [0.2, 0.25) is 0 Å². The quantitative estimate of drug-likeness (QED) is 0.838. The molecule has 0 unspecified atom stereocenters. The van der Waals surface area contributed by atoms with Crippen molar-refractivity contribution in [3.8, 4) is 5.75 Å². The zero-order valence-electron chi connectivity index (χ0n) is 14.5. The fourth-order valence-electron chi connectivity index (χ4n) is 2.89. The number of ether oxygens (including phenoxy) is 1. The summed E-state index contributed by atoms with van der Waals surface area (Å²) >= 11 is 0. The SMILES string of the molecule is C=C(C)C[C@@H](c1ccc(OC(C)(C)C)cc1)N1CCNCC1. The second-order valence-corrected chi connectivity index (χ2v) is 7.25. The number of nitrogens with zero attached hydrogens (tertiary/aromatic N) is 1. The Bertz CT molecular complexity index is 481. The number of hydrogen-bond acceptors (Lipinski definition) is 3. The molecule has 0 radical (unpaired) electrons. The molecule has 1 fully saturated rings. The van der Waals surface area contributed by atoms with E-state index in [1.54, 1.807) is 0 Å². The van der Waals surface area contributed by atoms with Crippen molar-refractivity contribution in [2.24, 2.45) is 0 Å². The van der Waals surface area contributed by atoms with E-state index < -0.39 is 0 Å². The van der Waals surface area contributed by atoms with E-state index in [0.29, 0.717) is 6.04 Å². The Morgan fingerprint density at radius 1 is 1.23 bits per heavy atom. The minimum Gasteiger partial charge on any atom is -0.488 e. The maximum atomic E-state index is 5.92. The maximum absolute atomic E-state index is 5.92. The smallest absolute Gasteiger partial charge is 0.120 e. The zero-order chi connectivity index (χ0) is 16.2. The van der Waals surface area contributed by atoms with Crippen molar-refractivity contribution in [1.29, 1.82) is 0 Å². The average Bonchev–Trinajstić information content (AvgIpc) is 2.45. The predicted octanol–water partition coefficient (Wildman–Crippen LogP) is 3.78. The monoisotopic (exact) mass is 302 g/mol. The Hall–Kier alpha value is -1.32. The van der Waals surface area contributed by atoms with E-state index in [1.807, 2.05) is 0 Å². The Kier molecular flexibility index (Phi) is 5.65. The molecule has 0 aromatic heterocycles. The van der Waals surface area contributed by atoms with Gasteiger partial charge in [0.05, 0.1) is 0 Å². The lowest BCUT2D eigenvalue weighted by molar-refractivity contribution is 0.130. The fourth-order valence-corrected chi connectivity index (χ4v) is 2.89. The summed E-state index contributed by atoms with van der Waals surface area (Å²) in [5.41, 5.74) is 2.43. The average molecular weight is 302 g/mol. The van der Waals surface area contributed by atoms with Crippen molar-refractivity contribution in [1.82, 2.24) is 10.2 Å². The van der Waals surface area contributed by atoms with Crippen LogP contribution < -0.4 is 10.1 Å². The van der Waals surface area contributed by atoms with E-state index in [1.165, 1.54) is 11.1 Å². The topological polar surface area (TPSA) is 24.5 Å². The highest BCUT2D eigenvalue weighted by atomic mass is 16.5. The molecule has 1 saturated heterocycles. The summed E-state index contributed by atoms with van der Waals surface area (Å²) in [6, 6.07) is 9.01. The molecular formula is C19H30N2O. The van der Waals surface area contributed by atoms with Crippen molar-refractivity contribution >= 4 is 0 Å². The molecule has 0 spiro atoms. The number of nitrogens with one attached hydrogen (secondary N) is 1. The van der Waals surface area contributed by atoms with Crippen molar-refractivity contribution in [2.45, 2.75) is 45.8 Å². The van der Waals surface area contributed by atoms with Gasteiger partial charge in [0.25, 0.3) is 0 Å². The van der Waals surface area contributed by atoms with Crippen LogP contribution in [0, 0.1) is 0 Å². The van der Waals surface area contributed by atoms with Crippen LogP contribution in [0.2, 0.25) is 0 Å². The third-order valence-electron chi connectivity index (χ3n) is 3.82. The Balaban J connectivity index is 2.14. The van der Waals surface area contributed by atoms with E-state index in [0.717, 1.165) is 38.3 Å². The van der Waals surface area contributed by atoms with Crippen molar-refractivity contribution in [2.75, 3.05) is 26.2 Å². The van der Waals surface area contributed by atoms with Gasteiger partial charge in [-0.05, 0) is 51.8 Å². The minimum atomic E-state index is -0.156. The molecule has 1 aliphatic heterocycles. The van der Waals surface area contributed by atoms with Crippen LogP contribution in [0.3, 0.4) is 0 Å². The molecule has 1 aromatic carbocycles. The molecule has 1 atom stereocenters. The minimum absolute atomic E-state index is 0.156. The Morgan fingerprint density at radius 2 is 1.82 bits per heavy atom. The van der Waals surface area contributed by atoms with Gasteiger partial charge in [-0.3, -0.25) is 4.90 Å². The highest BCUT2D eigenvalue weighted by Crippen LogP contribution is 2.29. The molecule has 1 aliphatic rings. The van der Waals surface area contributed by atoms with Crippen molar-refractivity contribution in [3.63, 3.8) is 0 Å². The van der Waals surface area contributed by atoms with Gasteiger partial charge >= 0.3 is 0 Å². The highest BCUT2D eigenvalue weighted by Gasteiger charge is 2.22. The maximum Gasteiger partial charge on any atom is 0.120 e. The largest absolute Gasteiger partial charge is 0.488 e. The first-order valence-corrected chi connectivity index (χ1v) is 8.23. The first kappa shape index (κ1) is 17.0. The number of piperazine rings is 1. The lowest BCUT2D eigenvalue weighted by atomic mass is 9.98. The van der Waals surface area contributed by atoms with Crippen molar-refractivity contribution in [3.05, 3.63) is 42.0 Å². The second-order valence-electron chi connectivity index (χ2n) is 7.25. The summed E-state index contributed by atoms with van der Waals surface area (Å²) in [5, 5.41) is 3.43. The van der Waals surface area contributed by atoms with Crippen LogP contribution in [-0.4, -0.2) is 36.7 Å². The van der Waals surface area contributed by atoms with Gasteiger partial charge in [0.15, 0.2) is 0 Å². The molecule has 22 heavy (non-hydrogen) atoms. The van der Waals surface area contributed by atoms with Crippen LogP contribution in [-0.2, 0) is 0 Å². The molecule has 1 aromatic rings. The third-order valence-corrected chi connectivity index (χ3v) is 3.82. The summed E-state index contributed by atoms with van der Waals surface area (Å²) in [4.78, 5) is 2.56. The summed E-state index contributed by atoms with van der Waals surface area (Å²) < 4.78 is 5.92. The number of rotatable bonds is 5. The molecule has 1 heterocycles. The third kappa shape index (κ3) is 5.15. The van der Waals surface area contributed by atoms with Gasteiger partial charge in [-0.2, -0.15) is 0 Å². The fraction of sp³-hybridized carbons (Fsp3) is 0.579. The van der Waals surface area contributed by atoms with E-state index in [2.05, 4.69) is 68.8 Å².